The lowest BCUT2D eigenvalue weighted by Crippen LogP contribution is -2.28. The summed E-state index contributed by atoms with van der Waals surface area (Å²) < 4.78 is 4.92. The lowest BCUT2D eigenvalue weighted by molar-refractivity contribution is -0.143. The van der Waals surface area contributed by atoms with Crippen LogP contribution in [0.15, 0.2) is 0 Å². The van der Waals surface area contributed by atoms with E-state index in [0.29, 0.717) is 19.1 Å². The molecule has 0 spiro atoms. The van der Waals surface area contributed by atoms with Gasteiger partial charge in [0.05, 0.1) is 6.61 Å². The van der Waals surface area contributed by atoms with Crippen LogP contribution in [-0.2, 0) is 9.53 Å². The minimum absolute atomic E-state index is 0.0405. The van der Waals surface area contributed by atoms with Crippen molar-refractivity contribution in [3.05, 3.63) is 0 Å². The first-order valence-electron chi connectivity index (χ1n) is 6.53. The largest absolute Gasteiger partial charge is 0.466 e. The van der Waals surface area contributed by atoms with Crippen molar-refractivity contribution in [3.63, 3.8) is 0 Å². The molecule has 3 nitrogen and oxygen atoms in total. The molecule has 0 aromatic rings. The van der Waals surface area contributed by atoms with Gasteiger partial charge in [0.25, 0.3) is 0 Å². The summed E-state index contributed by atoms with van der Waals surface area (Å²) in [6.45, 7) is 9.29. The number of esters is 1. The van der Waals surface area contributed by atoms with Gasteiger partial charge in [-0.1, -0.05) is 0 Å². The number of hydrogen-bond acceptors (Lipinski definition) is 3. The zero-order chi connectivity index (χ0) is 12.0. The van der Waals surface area contributed by atoms with Gasteiger partial charge in [-0.2, -0.15) is 0 Å². The van der Waals surface area contributed by atoms with Gasteiger partial charge in [-0.3, -0.25) is 4.79 Å². The highest BCUT2D eigenvalue weighted by Gasteiger charge is 2.23. The first-order valence-corrected chi connectivity index (χ1v) is 6.53. The van der Waals surface area contributed by atoms with Gasteiger partial charge >= 0.3 is 5.97 Å². The molecular formula is C13H25NO2. The van der Waals surface area contributed by atoms with Gasteiger partial charge in [-0.25, -0.2) is 0 Å². The highest BCUT2D eigenvalue weighted by atomic mass is 16.5. The van der Waals surface area contributed by atoms with Crippen molar-refractivity contribution in [2.24, 2.45) is 5.92 Å². The smallest absolute Gasteiger partial charge is 0.305 e. The Morgan fingerprint density at radius 3 is 2.81 bits per heavy atom. The molecule has 1 aliphatic heterocycles. The van der Waals surface area contributed by atoms with E-state index in [2.05, 4.69) is 18.7 Å². The molecule has 16 heavy (non-hydrogen) atoms. The molecule has 1 saturated heterocycles. The number of likely N-dealkylation sites (tertiary alicyclic amines) is 1. The van der Waals surface area contributed by atoms with E-state index in [9.17, 15) is 4.79 Å². The van der Waals surface area contributed by atoms with E-state index in [1.54, 1.807) is 0 Å². The summed E-state index contributed by atoms with van der Waals surface area (Å²) in [7, 11) is 0. The lowest BCUT2D eigenvalue weighted by atomic mass is 10.0. The topological polar surface area (TPSA) is 29.5 Å². The van der Waals surface area contributed by atoms with E-state index in [1.165, 1.54) is 25.9 Å². The number of rotatable bonds is 6. The molecular weight excluding hydrogens is 202 g/mol. The SMILES string of the molecule is CCOC(=O)CCCC1CCN(C(C)C)C1. The average molecular weight is 227 g/mol. The zero-order valence-electron chi connectivity index (χ0n) is 10.9. The molecule has 0 amide bonds. The summed E-state index contributed by atoms with van der Waals surface area (Å²) >= 11 is 0. The second-order valence-electron chi connectivity index (χ2n) is 4.94. The Labute approximate surface area is 99.1 Å². The Hall–Kier alpha value is -0.570. The van der Waals surface area contributed by atoms with Gasteiger partial charge in [0, 0.05) is 19.0 Å². The minimum Gasteiger partial charge on any atom is -0.466 e. The quantitative estimate of drug-likeness (QED) is 0.653. The van der Waals surface area contributed by atoms with Crippen LogP contribution in [-0.4, -0.2) is 36.6 Å². The number of nitrogens with zero attached hydrogens (tertiary/aromatic N) is 1. The summed E-state index contributed by atoms with van der Waals surface area (Å²) in [5.74, 6) is 0.748. The van der Waals surface area contributed by atoms with E-state index in [0.717, 1.165) is 12.3 Å². The van der Waals surface area contributed by atoms with Crippen LogP contribution in [0.3, 0.4) is 0 Å². The van der Waals surface area contributed by atoms with Crippen molar-refractivity contribution in [2.45, 2.75) is 52.5 Å². The van der Waals surface area contributed by atoms with Crippen LogP contribution in [0.25, 0.3) is 0 Å². The van der Waals surface area contributed by atoms with E-state index < -0.39 is 0 Å². The molecule has 0 N–H and O–H groups in total. The summed E-state index contributed by atoms with van der Waals surface area (Å²) in [5, 5.41) is 0. The molecule has 1 rings (SSSR count). The van der Waals surface area contributed by atoms with Gasteiger partial charge in [0.1, 0.15) is 0 Å². The molecule has 0 aromatic heterocycles. The molecule has 0 aliphatic carbocycles. The highest BCUT2D eigenvalue weighted by Crippen LogP contribution is 2.23. The van der Waals surface area contributed by atoms with Crippen LogP contribution in [0.1, 0.15) is 46.5 Å². The van der Waals surface area contributed by atoms with Gasteiger partial charge in [0.2, 0.25) is 0 Å². The van der Waals surface area contributed by atoms with Crippen LogP contribution in [0.2, 0.25) is 0 Å². The summed E-state index contributed by atoms with van der Waals surface area (Å²) in [6, 6.07) is 0.662. The Kier molecular flexibility index (Phi) is 5.81. The van der Waals surface area contributed by atoms with Crippen molar-refractivity contribution in [1.82, 2.24) is 4.90 Å². The molecule has 1 atom stereocenters. The van der Waals surface area contributed by atoms with E-state index in [-0.39, 0.29) is 5.97 Å². The number of carbonyl (C=O) groups is 1. The number of carbonyl (C=O) groups excluding carboxylic acids is 1. The van der Waals surface area contributed by atoms with Crippen LogP contribution in [0.5, 0.6) is 0 Å². The predicted octanol–water partition coefficient (Wildman–Crippen LogP) is 2.45. The second kappa shape index (κ2) is 6.89. The van der Waals surface area contributed by atoms with E-state index in [4.69, 9.17) is 4.74 Å². The third kappa shape index (κ3) is 4.52. The fourth-order valence-corrected chi connectivity index (χ4v) is 2.34. The third-order valence-electron chi connectivity index (χ3n) is 3.35. The second-order valence-corrected chi connectivity index (χ2v) is 4.94. The van der Waals surface area contributed by atoms with Crippen LogP contribution in [0, 0.1) is 5.92 Å². The zero-order valence-corrected chi connectivity index (χ0v) is 10.9. The standard InChI is InChI=1S/C13H25NO2/c1-4-16-13(15)7-5-6-12-8-9-14(10-12)11(2)3/h11-12H,4-10H2,1-3H3. The minimum atomic E-state index is -0.0405. The van der Waals surface area contributed by atoms with Crippen molar-refractivity contribution < 1.29 is 9.53 Å². The molecule has 3 heteroatoms. The predicted molar refractivity (Wildman–Crippen MR) is 65.3 cm³/mol. The first-order chi connectivity index (χ1) is 7.63. The molecule has 0 radical (unpaired) electrons. The van der Waals surface area contributed by atoms with Gasteiger partial charge < -0.3 is 9.64 Å². The number of ether oxygens (including phenoxy) is 1. The molecule has 1 heterocycles. The van der Waals surface area contributed by atoms with Crippen molar-refractivity contribution >= 4 is 5.97 Å². The molecule has 0 aromatic carbocycles. The maximum Gasteiger partial charge on any atom is 0.305 e. The first kappa shape index (κ1) is 13.5. The van der Waals surface area contributed by atoms with Crippen molar-refractivity contribution in [3.8, 4) is 0 Å². The summed E-state index contributed by atoms with van der Waals surface area (Å²) in [4.78, 5) is 13.7. The van der Waals surface area contributed by atoms with Crippen LogP contribution in [0.4, 0.5) is 0 Å². The Balaban J connectivity index is 2.09. The van der Waals surface area contributed by atoms with Crippen molar-refractivity contribution in [2.75, 3.05) is 19.7 Å². The summed E-state index contributed by atoms with van der Waals surface area (Å²) in [6.07, 6.45) is 4.03. The fourth-order valence-electron chi connectivity index (χ4n) is 2.34. The van der Waals surface area contributed by atoms with Crippen molar-refractivity contribution in [1.29, 1.82) is 0 Å². The van der Waals surface area contributed by atoms with Gasteiger partial charge in [-0.15, -0.1) is 0 Å². The molecule has 0 bridgehead atoms. The normalized spacial score (nSPS) is 21.6. The lowest BCUT2D eigenvalue weighted by Gasteiger charge is -2.20. The van der Waals surface area contributed by atoms with E-state index in [1.807, 2.05) is 6.92 Å². The van der Waals surface area contributed by atoms with Gasteiger partial charge in [-0.05, 0) is 52.5 Å². The third-order valence-corrected chi connectivity index (χ3v) is 3.35. The maximum absolute atomic E-state index is 11.2. The van der Waals surface area contributed by atoms with Crippen LogP contribution >= 0.6 is 0 Å². The van der Waals surface area contributed by atoms with Crippen LogP contribution < -0.4 is 0 Å². The average Bonchev–Trinajstić information content (AvgIpc) is 2.67. The molecule has 1 aliphatic rings. The summed E-state index contributed by atoms with van der Waals surface area (Å²) in [5.41, 5.74) is 0. The fraction of sp³-hybridized carbons (Fsp3) is 0.923. The Bertz CT molecular complexity index is 216. The molecule has 1 fully saturated rings. The maximum atomic E-state index is 11.2. The monoisotopic (exact) mass is 227 g/mol. The Morgan fingerprint density at radius 1 is 1.50 bits per heavy atom. The van der Waals surface area contributed by atoms with E-state index >= 15 is 0 Å². The molecule has 94 valence electrons. The molecule has 0 saturated carbocycles. The Morgan fingerprint density at radius 2 is 2.25 bits per heavy atom. The highest BCUT2D eigenvalue weighted by molar-refractivity contribution is 5.69. The number of hydrogen-bond donors (Lipinski definition) is 0. The van der Waals surface area contributed by atoms with Gasteiger partial charge in [0.15, 0.2) is 0 Å². The molecule has 1 unspecified atom stereocenters.